The standard InChI is InChI=1S/C17H15ClO3/c18-14-6-3-4-12(8-14)9-17(16(19)20)10-13-5-1-2-7-15(13)21-11-17/h1-8H,9-11H2,(H,19,20). The summed E-state index contributed by atoms with van der Waals surface area (Å²) in [6, 6.07) is 14.9. The van der Waals surface area contributed by atoms with E-state index in [1.807, 2.05) is 42.5 Å². The van der Waals surface area contributed by atoms with E-state index in [9.17, 15) is 9.90 Å². The van der Waals surface area contributed by atoms with E-state index in [0.29, 0.717) is 17.9 Å². The Kier molecular flexibility index (Phi) is 3.60. The molecule has 4 heteroatoms. The van der Waals surface area contributed by atoms with Crippen molar-refractivity contribution < 1.29 is 14.6 Å². The first-order valence-electron chi connectivity index (χ1n) is 6.78. The summed E-state index contributed by atoms with van der Waals surface area (Å²) in [5.74, 6) is -0.0579. The molecule has 21 heavy (non-hydrogen) atoms. The van der Waals surface area contributed by atoms with E-state index >= 15 is 0 Å². The fourth-order valence-electron chi connectivity index (χ4n) is 2.79. The van der Waals surface area contributed by atoms with E-state index in [-0.39, 0.29) is 6.61 Å². The number of aliphatic carboxylic acids is 1. The van der Waals surface area contributed by atoms with Gasteiger partial charge in [-0.3, -0.25) is 4.79 Å². The number of para-hydroxylation sites is 1. The topological polar surface area (TPSA) is 46.5 Å². The molecule has 0 spiro atoms. The molecule has 1 aliphatic rings. The van der Waals surface area contributed by atoms with Gasteiger partial charge in [0.25, 0.3) is 0 Å². The predicted molar refractivity (Wildman–Crippen MR) is 80.9 cm³/mol. The zero-order valence-electron chi connectivity index (χ0n) is 11.4. The van der Waals surface area contributed by atoms with Crippen molar-refractivity contribution in [3.05, 3.63) is 64.7 Å². The van der Waals surface area contributed by atoms with Gasteiger partial charge in [-0.15, -0.1) is 0 Å². The van der Waals surface area contributed by atoms with E-state index in [0.717, 1.165) is 16.9 Å². The van der Waals surface area contributed by atoms with Crippen LogP contribution in [0.3, 0.4) is 0 Å². The highest BCUT2D eigenvalue weighted by molar-refractivity contribution is 6.30. The van der Waals surface area contributed by atoms with E-state index in [2.05, 4.69) is 0 Å². The Morgan fingerprint density at radius 3 is 2.81 bits per heavy atom. The van der Waals surface area contributed by atoms with Gasteiger partial charge in [0.1, 0.15) is 17.8 Å². The molecule has 1 heterocycles. The highest BCUT2D eigenvalue weighted by Gasteiger charge is 2.43. The second-order valence-corrected chi connectivity index (χ2v) is 5.90. The molecule has 3 nitrogen and oxygen atoms in total. The number of rotatable bonds is 3. The molecule has 2 aromatic rings. The summed E-state index contributed by atoms with van der Waals surface area (Å²) >= 11 is 5.99. The Balaban J connectivity index is 1.93. The van der Waals surface area contributed by atoms with Crippen molar-refractivity contribution >= 4 is 17.6 Å². The number of hydrogen-bond acceptors (Lipinski definition) is 2. The molecule has 0 bridgehead atoms. The van der Waals surface area contributed by atoms with Gasteiger partial charge < -0.3 is 9.84 Å². The molecule has 3 rings (SSSR count). The third-order valence-electron chi connectivity index (χ3n) is 3.89. The molecule has 0 aliphatic carbocycles. The zero-order valence-corrected chi connectivity index (χ0v) is 12.1. The maximum Gasteiger partial charge on any atom is 0.313 e. The molecular formula is C17H15ClO3. The molecule has 0 aromatic heterocycles. The lowest BCUT2D eigenvalue weighted by Gasteiger charge is -2.34. The van der Waals surface area contributed by atoms with Crippen LogP contribution in [0, 0.1) is 5.41 Å². The molecule has 1 unspecified atom stereocenters. The fraction of sp³-hybridized carbons (Fsp3) is 0.235. The molecule has 2 aromatic carbocycles. The van der Waals surface area contributed by atoms with Crippen molar-refractivity contribution in [2.24, 2.45) is 5.41 Å². The zero-order chi connectivity index (χ0) is 14.9. The lowest BCUT2D eigenvalue weighted by Crippen LogP contribution is -2.43. The molecule has 0 saturated heterocycles. The van der Waals surface area contributed by atoms with Gasteiger partial charge >= 0.3 is 5.97 Å². The average Bonchev–Trinajstić information content (AvgIpc) is 2.47. The molecular weight excluding hydrogens is 288 g/mol. The second kappa shape index (κ2) is 5.41. The van der Waals surface area contributed by atoms with E-state index < -0.39 is 11.4 Å². The van der Waals surface area contributed by atoms with Crippen LogP contribution in [0.1, 0.15) is 11.1 Å². The SMILES string of the molecule is O=C(O)C1(Cc2cccc(Cl)c2)COc2ccccc2C1. The van der Waals surface area contributed by atoms with Crippen LogP contribution < -0.4 is 4.74 Å². The summed E-state index contributed by atoms with van der Waals surface area (Å²) < 4.78 is 5.69. The summed E-state index contributed by atoms with van der Waals surface area (Å²) in [6.07, 6.45) is 0.863. The van der Waals surface area contributed by atoms with Crippen molar-refractivity contribution in [2.45, 2.75) is 12.8 Å². The van der Waals surface area contributed by atoms with Gasteiger partial charge in [-0.2, -0.15) is 0 Å². The maximum absolute atomic E-state index is 11.9. The van der Waals surface area contributed by atoms with Crippen molar-refractivity contribution in [1.29, 1.82) is 0 Å². The fourth-order valence-corrected chi connectivity index (χ4v) is 3.00. The van der Waals surface area contributed by atoms with Gasteiger partial charge in [0.2, 0.25) is 0 Å². The minimum Gasteiger partial charge on any atom is -0.492 e. The van der Waals surface area contributed by atoms with E-state index in [1.165, 1.54) is 0 Å². The predicted octanol–water partition coefficient (Wildman–Crippen LogP) is 3.59. The third kappa shape index (κ3) is 2.74. The van der Waals surface area contributed by atoms with Gasteiger partial charge in [0.05, 0.1) is 0 Å². The minimum atomic E-state index is -0.945. The summed E-state index contributed by atoms with van der Waals surface area (Å²) in [5.41, 5.74) is 0.903. The Labute approximate surface area is 128 Å². The Hall–Kier alpha value is -2.00. The molecule has 0 saturated carbocycles. The van der Waals surface area contributed by atoms with Crippen molar-refractivity contribution in [2.75, 3.05) is 6.61 Å². The second-order valence-electron chi connectivity index (χ2n) is 5.47. The van der Waals surface area contributed by atoms with Gasteiger partial charge in [-0.1, -0.05) is 41.9 Å². The molecule has 0 fully saturated rings. The number of carboxylic acid groups (broad SMARTS) is 1. The quantitative estimate of drug-likeness (QED) is 0.942. The van der Waals surface area contributed by atoms with Crippen LogP contribution in [0.4, 0.5) is 0 Å². The Morgan fingerprint density at radius 1 is 1.24 bits per heavy atom. The highest BCUT2D eigenvalue weighted by atomic mass is 35.5. The maximum atomic E-state index is 11.9. The molecule has 108 valence electrons. The number of fused-ring (bicyclic) bond motifs is 1. The van der Waals surface area contributed by atoms with Crippen molar-refractivity contribution in [1.82, 2.24) is 0 Å². The minimum absolute atomic E-state index is 0.172. The van der Waals surface area contributed by atoms with E-state index in [4.69, 9.17) is 16.3 Å². The van der Waals surface area contributed by atoms with Crippen LogP contribution in [-0.2, 0) is 17.6 Å². The Bertz CT molecular complexity index is 683. The van der Waals surface area contributed by atoms with Crippen LogP contribution >= 0.6 is 11.6 Å². The monoisotopic (exact) mass is 302 g/mol. The molecule has 0 radical (unpaired) electrons. The van der Waals surface area contributed by atoms with Gasteiger partial charge in [0, 0.05) is 5.02 Å². The highest BCUT2D eigenvalue weighted by Crippen LogP contribution is 2.37. The average molecular weight is 303 g/mol. The Morgan fingerprint density at radius 2 is 2.05 bits per heavy atom. The summed E-state index contributed by atoms with van der Waals surface area (Å²) in [6.45, 7) is 0.172. The lowest BCUT2D eigenvalue weighted by atomic mass is 9.75. The summed E-state index contributed by atoms with van der Waals surface area (Å²) in [7, 11) is 0. The number of carboxylic acids is 1. The van der Waals surface area contributed by atoms with Crippen LogP contribution in [0.2, 0.25) is 5.02 Å². The first-order valence-corrected chi connectivity index (χ1v) is 7.15. The largest absolute Gasteiger partial charge is 0.492 e. The van der Waals surface area contributed by atoms with Gasteiger partial charge in [0.15, 0.2) is 0 Å². The van der Waals surface area contributed by atoms with Crippen LogP contribution in [0.15, 0.2) is 48.5 Å². The van der Waals surface area contributed by atoms with Crippen LogP contribution in [-0.4, -0.2) is 17.7 Å². The first-order chi connectivity index (χ1) is 10.1. The number of benzene rings is 2. The van der Waals surface area contributed by atoms with Gasteiger partial charge in [-0.25, -0.2) is 0 Å². The van der Waals surface area contributed by atoms with Crippen LogP contribution in [0.25, 0.3) is 0 Å². The van der Waals surface area contributed by atoms with Crippen LogP contribution in [0.5, 0.6) is 5.75 Å². The van der Waals surface area contributed by atoms with Crippen molar-refractivity contribution in [3.8, 4) is 5.75 Å². The smallest absolute Gasteiger partial charge is 0.313 e. The molecule has 1 aliphatic heterocycles. The summed E-state index contributed by atoms with van der Waals surface area (Å²) in [4.78, 5) is 11.9. The molecule has 1 atom stereocenters. The molecule has 1 N–H and O–H groups in total. The van der Waals surface area contributed by atoms with Gasteiger partial charge in [-0.05, 0) is 42.2 Å². The first kappa shape index (κ1) is 14.0. The summed E-state index contributed by atoms with van der Waals surface area (Å²) in [5, 5.41) is 10.3. The van der Waals surface area contributed by atoms with Crippen molar-refractivity contribution in [3.63, 3.8) is 0 Å². The normalized spacial score (nSPS) is 20.4. The lowest BCUT2D eigenvalue weighted by molar-refractivity contribution is -0.151. The number of hydrogen-bond donors (Lipinski definition) is 1. The third-order valence-corrected chi connectivity index (χ3v) is 4.13. The number of carbonyl (C=O) groups is 1. The molecule has 0 amide bonds. The number of ether oxygens (including phenoxy) is 1. The van der Waals surface area contributed by atoms with E-state index in [1.54, 1.807) is 6.07 Å². The number of halogens is 1.